The Kier molecular flexibility index (Phi) is 8.24. The Bertz CT molecular complexity index is 1090. The Labute approximate surface area is 205 Å². The Hall–Kier alpha value is -2.84. The Morgan fingerprint density at radius 3 is 2.59 bits per heavy atom. The van der Waals surface area contributed by atoms with Crippen LogP contribution < -0.4 is 19.7 Å². The van der Waals surface area contributed by atoms with Gasteiger partial charge in [0.05, 0.1) is 18.4 Å². The molecule has 1 aliphatic heterocycles. The molecule has 0 spiro atoms. The fourth-order valence-corrected chi connectivity index (χ4v) is 5.13. The molecule has 1 fully saturated rings. The molecule has 0 atom stereocenters. The average Bonchev–Trinajstić information content (AvgIpc) is 3.32. The van der Waals surface area contributed by atoms with Crippen LogP contribution in [0.1, 0.15) is 35.7 Å². The van der Waals surface area contributed by atoms with Crippen LogP contribution in [-0.2, 0) is 0 Å². The van der Waals surface area contributed by atoms with Crippen molar-refractivity contribution >= 4 is 32.6 Å². The average molecular weight is 483 g/mol. The molecule has 2 heterocycles. The number of unbranched alkanes of at least 4 members (excludes halogenated alkanes) is 1. The maximum absolute atomic E-state index is 12.5. The number of hydrogen-bond acceptors (Lipinski definition) is 7. The van der Waals surface area contributed by atoms with Gasteiger partial charge in [0.25, 0.3) is 5.91 Å². The Morgan fingerprint density at radius 1 is 1.12 bits per heavy atom. The molecule has 0 bridgehead atoms. The number of amides is 1. The van der Waals surface area contributed by atoms with Crippen molar-refractivity contribution in [2.75, 3.05) is 57.9 Å². The number of nitrogens with zero attached hydrogens (tertiary/aromatic N) is 3. The molecular formula is C26H34N4O3S. The number of carbonyl (C=O) groups is 1. The summed E-state index contributed by atoms with van der Waals surface area (Å²) in [6, 6.07) is 11.5. The second kappa shape index (κ2) is 11.5. The lowest BCUT2D eigenvalue weighted by molar-refractivity contribution is 0.0947. The first-order valence-corrected chi connectivity index (χ1v) is 12.8. The number of benzene rings is 2. The number of hydrogen-bond donors (Lipinski definition) is 1. The third-order valence-corrected chi connectivity index (χ3v) is 7.40. The van der Waals surface area contributed by atoms with Crippen LogP contribution in [0.2, 0.25) is 0 Å². The highest BCUT2D eigenvalue weighted by Gasteiger charge is 2.21. The van der Waals surface area contributed by atoms with E-state index in [4.69, 9.17) is 14.5 Å². The third-order valence-electron chi connectivity index (χ3n) is 6.15. The second-order valence-corrected chi connectivity index (χ2v) is 9.55. The predicted molar refractivity (Wildman–Crippen MR) is 139 cm³/mol. The zero-order valence-corrected chi connectivity index (χ0v) is 21.1. The maximum Gasteiger partial charge on any atom is 0.251 e. The van der Waals surface area contributed by atoms with Crippen LogP contribution in [0.15, 0.2) is 36.4 Å². The number of fused-ring (bicyclic) bond motifs is 1. The van der Waals surface area contributed by atoms with E-state index in [1.165, 1.54) is 10.3 Å². The molecule has 4 rings (SSSR count). The zero-order valence-electron chi connectivity index (χ0n) is 20.3. The van der Waals surface area contributed by atoms with Gasteiger partial charge in [-0.15, -0.1) is 0 Å². The van der Waals surface area contributed by atoms with Crippen molar-refractivity contribution in [3.63, 3.8) is 0 Å². The number of aromatic nitrogens is 1. The van der Waals surface area contributed by atoms with Crippen LogP contribution in [0.4, 0.5) is 5.13 Å². The highest BCUT2D eigenvalue weighted by atomic mass is 32.1. The molecule has 34 heavy (non-hydrogen) atoms. The second-order valence-electron chi connectivity index (χ2n) is 8.57. The number of anilines is 1. The van der Waals surface area contributed by atoms with Gasteiger partial charge in [-0.25, -0.2) is 4.98 Å². The summed E-state index contributed by atoms with van der Waals surface area (Å²) in [6.07, 6.45) is 2.14. The van der Waals surface area contributed by atoms with Gasteiger partial charge in [-0.1, -0.05) is 30.7 Å². The van der Waals surface area contributed by atoms with Gasteiger partial charge in [0.15, 0.2) is 5.13 Å². The zero-order chi connectivity index (χ0) is 23.9. The smallest absolute Gasteiger partial charge is 0.251 e. The molecule has 1 saturated heterocycles. The minimum absolute atomic E-state index is 0.0439. The van der Waals surface area contributed by atoms with E-state index in [9.17, 15) is 4.79 Å². The van der Waals surface area contributed by atoms with Crippen LogP contribution in [0.3, 0.4) is 0 Å². The first-order valence-electron chi connectivity index (χ1n) is 12.0. The fraction of sp³-hybridized carbons (Fsp3) is 0.462. The van der Waals surface area contributed by atoms with Gasteiger partial charge in [-0.2, -0.15) is 0 Å². The van der Waals surface area contributed by atoms with Gasteiger partial charge >= 0.3 is 0 Å². The molecule has 2 aromatic carbocycles. The highest BCUT2D eigenvalue weighted by Crippen LogP contribution is 2.36. The number of piperazine rings is 1. The molecule has 8 heteroatoms. The molecule has 7 nitrogen and oxygen atoms in total. The molecular weight excluding hydrogens is 448 g/mol. The van der Waals surface area contributed by atoms with Crippen LogP contribution in [0.5, 0.6) is 11.5 Å². The first-order chi connectivity index (χ1) is 16.6. The fourth-order valence-electron chi connectivity index (χ4n) is 4.03. The summed E-state index contributed by atoms with van der Waals surface area (Å²) < 4.78 is 12.4. The van der Waals surface area contributed by atoms with E-state index in [0.717, 1.165) is 67.7 Å². The lowest BCUT2D eigenvalue weighted by Crippen LogP contribution is -2.48. The summed E-state index contributed by atoms with van der Waals surface area (Å²) >= 11 is 1.74. The van der Waals surface area contributed by atoms with E-state index in [2.05, 4.69) is 35.0 Å². The number of nitrogens with one attached hydrogen (secondary N) is 1. The van der Waals surface area contributed by atoms with Crippen LogP contribution in [0, 0.1) is 6.92 Å². The molecule has 182 valence electrons. The quantitative estimate of drug-likeness (QED) is 0.434. The van der Waals surface area contributed by atoms with Crippen molar-refractivity contribution in [1.29, 1.82) is 0 Å². The van der Waals surface area contributed by atoms with Gasteiger partial charge in [-0.05, 0) is 49.2 Å². The van der Waals surface area contributed by atoms with Gasteiger partial charge in [0.1, 0.15) is 17.0 Å². The van der Waals surface area contributed by atoms with Gasteiger partial charge in [-0.3, -0.25) is 9.69 Å². The standard InChI is InChI=1S/C26H34N4O3S/c1-4-5-18-33-21-9-7-20(8-10-21)25(31)27-12-13-29-14-16-30(17-15-29)26-28-23-22(32-3)11-6-19(2)24(23)34-26/h6-11H,4-5,12-18H2,1-3H3,(H,27,31). The predicted octanol–water partition coefficient (Wildman–Crippen LogP) is 4.34. The minimum atomic E-state index is -0.0439. The van der Waals surface area contributed by atoms with Crippen molar-refractivity contribution < 1.29 is 14.3 Å². The lowest BCUT2D eigenvalue weighted by Gasteiger charge is -2.34. The molecule has 0 radical (unpaired) electrons. The van der Waals surface area contributed by atoms with Crippen LogP contribution in [-0.4, -0.2) is 68.8 Å². The topological polar surface area (TPSA) is 66.9 Å². The molecule has 1 amide bonds. The van der Waals surface area contributed by atoms with E-state index in [-0.39, 0.29) is 5.91 Å². The van der Waals surface area contributed by atoms with E-state index in [1.54, 1.807) is 18.4 Å². The first kappa shape index (κ1) is 24.3. The van der Waals surface area contributed by atoms with Crippen molar-refractivity contribution in [2.45, 2.75) is 26.7 Å². The maximum atomic E-state index is 12.5. The number of ether oxygens (including phenoxy) is 2. The van der Waals surface area contributed by atoms with E-state index < -0.39 is 0 Å². The highest BCUT2D eigenvalue weighted by molar-refractivity contribution is 7.22. The summed E-state index contributed by atoms with van der Waals surface area (Å²) in [6.45, 7) is 10.2. The molecule has 1 N–H and O–H groups in total. The molecule has 3 aromatic rings. The number of methoxy groups -OCH3 is 1. The minimum Gasteiger partial charge on any atom is -0.494 e. The number of rotatable bonds is 10. The molecule has 1 aromatic heterocycles. The normalized spacial score (nSPS) is 14.4. The molecule has 0 aliphatic carbocycles. The third kappa shape index (κ3) is 5.80. The van der Waals surface area contributed by atoms with Crippen molar-refractivity contribution in [2.24, 2.45) is 0 Å². The van der Waals surface area contributed by atoms with E-state index in [0.29, 0.717) is 18.7 Å². The number of carbonyl (C=O) groups excluding carboxylic acids is 1. The lowest BCUT2D eigenvalue weighted by atomic mass is 10.2. The summed E-state index contributed by atoms with van der Waals surface area (Å²) in [5, 5.41) is 4.09. The van der Waals surface area contributed by atoms with Gasteiger partial charge in [0.2, 0.25) is 0 Å². The number of thiazole rings is 1. The van der Waals surface area contributed by atoms with Crippen molar-refractivity contribution in [1.82, 2.24) is 15.2 Å². The van der Waals surface area contributed by atoms with E-state index >= 15 is 0 Å². The van der Waals surface area contributed by atoms with Crippen LogP contribution >= 0.6 is 11.3 Å². The van der Waals surface area contributed by atoms with Crippen molar-refractivity contribution in [3.05, 3.63) is 47.5 Å². The van der Waals surface area contributed by atoms with Crippen LogP contribution in [0.25, 0.3) is 10.2 Å². The molecule has 1 aliphatic rings. The van der Waals surface area contributed by atoms with Gasteiger partial charge < -0.3 is 19.7 Å². The summed E-state index contributed by atoms with van der Waals surface area (Å²) in [4.78, 5) is 22.1. The summed E-state index contributed by atoms with van der Waals surface area (Å²) in [7, 11) is 1.69. The Balaban J connectivity index is 1.22. The SMILES string of the molecule is CCCCOc1ccc(C(=O)NCCN2CCN(c3nc4c(OC)ccc(C)c4s3)CC2)cc1. The largest absolute Gasteiger partial charge is 0.494 e. The molecule has 0 saturated carbocycles. The summed E-state index contributed by atoms with van der Waals surface area (Å²) in [5.74, 6) is 1.60. The monoisotopic (exact) mass is 482 g/mol. The summed E-state index contributed by atoms with van der Waals surface area (Å²) in [5.41, 5.74) is 2.84. The Morgan fingerprint density at radius 2 is 1.88 bits per heavy atom. The van der Waals surface area contributed by atoms with Crippen molar-refractivity contribution in [3.8, 4) is 11.5 Å². The molecule has 0 unspecified atom stereocenters. The number of aryl methyl sites for hydroxylation is 1. The van der Waals surface area contributed by atoms with Gasteiger partial charge in [0, 0.05) is 44.8 Å². The van der Waals surface area contributed by atoms with E-state index in [1.807, 2.05) is 30.3 Å².